The quantitative estimate of drug-likeness (QED) is 0.192. The average molecular weight is 615 g/mol. The van der Waals surface area contributed by atoms with Crippen LogP contribution in [-0.2, 0) is 11.3 Å². The molecule has 4 rings (SSSR count). The van der Waals surface area contributed by atoms with E-state index in [0.717, 1.165) is 35.1 Å². The van der Waals surface area contributed by atoms with E-state index in [-0.39, 0.29) is 5.91 Å². The number of unbranched alkanes of at least 4 members (excludes halogenated alkanes) is 1. The number of aliphatic carboxylic acids is 1. The molecule has 0 bridgehead atoms. The number of amides is 2. The van der Waals surface area contributed by atoms with Crippen LogP contribution in [0.1, 0.15) is 102 Å². The standard InChI is InChI=1S/C37H46N2O4S/c1-4-5-22-39(36(41)30-18-16-29(17-19-30)28-12-7-6-8-13-28)25-27-15-20-32(33(24-27)31-14-10-9-11-26(31)2)35(40)38-34(37(42)43)21-23-44-3/h9-11,14-20,24,28,34H,4-8,12-13,21-23,25H2,1-3H3,(H,38,40)(H,42,43). The normalized spacial score (nSPS) is 14.2. The number of hydrogen-bond acceptors (Lipinski definition) is 4. The van der Waals surface area contributed by atoms with Crippen LogP contribution in [0.4, 0.5) is 0 Å². The van der Waals surface area contributed by atoms with Crippen LogP contribution in [0.25, 0.3) is 11.1 Å². The highest BCUT2D eigenvalue weighted by Crippen LogP contribution is 2.33. The lowest BCUT2D eigenvalue weighted by Gasteiger charge is -2.25. The van der Waals surface area contributed by atoms with Gasteiger partial charge in [-0.05, 0) is 103 Å². The molecule has 1 fully saturated rings. The molecule has 3 aromatic carbocycles. The lowest BCUT2D eigenvalue weighted by molar-refractivity contribution is -0.139. The maximum Gasteiger partial charge on any atom is 0.326 e. The summed E-state index contributed by atoms with van der Waals surface area (Å²) < 4.78 is 0. The van der Waals surface area contributed by atoms with Gasteiger partial charge in [-0.3, -0.25) is 9.59 Å². The predicted octanol–water partition coefficient (Wildman–Crippen LogP) is 8.09. The topological polar surface area (TPSA) is 86.7 Å². The van der Waals surface area contributed by atoms with Crippen molar-refractivity contribution in [2.45, 2.75) is 83.7 Å². The van der Waals surface area contributed by atoms with Crippen molar-refractivity contribution in [3.63, 3.8) is 0 Å². The van der Waals surface area contributed by atoms with Gasteiger partial charge in [0.25, 0.3) is 11.8 Å². The molecule has 7 heteroatoms. The maximum atomic E-state index is 13.8. The molecule has 6 nitrogen and oxygen atoms in total. The Kier molecular flexibility index (Phi) is 12.5. The summed E-state index contributed by atoms with van der Waals surface area (Å²) in [5, 5.41) is 12.4. The van der Waals surface area contributed by atoms with Crippen molar-refractivity contribution in [2.24, 2.45) is 0 Å². The van der Waals surface area contributed by atoms with E-state index in [1.807, 2.05) is 66.6 Å². The molecule has 1 aliphatic carbocycles. The highest BCUT2D eigenvalue weighted by Gasteiger charge is 2.24. The van der Waals surface area contributed by atoms with Gasteiger partial charge in [0.1, 0.15) is 6.04 Å². The lowest BCUT2D eigenvalue weighted by Crippen LogP contribution is -2.41. The number of nitrogens with one attached hydrogen (secondary N) is 1. The fourth-order valence-electron chi connectivity index (χ4n) is 6.05. The highest BCUT2D eigenvalue weighted by atomic mass is 32.2. The van der Waals surface area contributed by atoms with Crippen LogP contribution in [-0.4, -0.2) is 52.4 Å². The summed E-state index contributed by atoms with van der Waals surface area (Å²) in [6.45, 7) is 5.16. The van der Waals surface area contributed by atoms with Gasteiger partial charge in [0, 0.05) is 24.2 Å². The van der Waals surface area contributed by atoms with E-state index in [1.54, 1.807) is 17.8 Å². The number of thioether (sulfide) groups is 1. The van der Waals surface area contributed by atoms with Crippen molar-refractivity contribution in [1.29, 1.82) is 0 Å². The predicted molar refractivity (Wildman–Crippen MR) is 180 cm³/mol. The second-order valence-corrected chi connectivity index (χ2v) is 12.9. The third kappa shape index (κ3) is 8.75. The molecule has 2 N–H and O–H groups in total. The van der Waals surface area contributed by atoms with E-state index < -0.39 is 17.9 Å². The van der Waals surface area contributed by atoms with Crippen LogP contribution >= 0.6 is 11.8 Å². The molecule has 44 heavy (non-hydrogen) atoms. The summed E-state index contributed by atoms with van der Waals surface area (Å²) in [6.07, 6.45) is 10.4. The second-order valence-electron chi connectivity index (χ2n) is 11.9. The molecule has 0 aromatic heterocycles. The Morgan fingerprint density at radius 2 is 1.70 bits per heavy atom. The van der Waals surface area contributed by atoms with Crippen LogP contribution in [0.5, 0.6) is 0 Å². The minimum absolute atomic E-state index is 0.00555. The largest absolute Gasteiger partial charge is 0.480 e. The summed E-state index contributed by atoms with van der Waals surface area (Å²) in [5.74, 6) is -0.230. The lowest BCUT2D eigenvalue weighted by atomic mass is 9.84. The van der Waals surface area contributed by atoms with Crippen LogP contribution in [0.3, 0.4) is 0 Å². The first-order valence-corrected chi connectivity index (χ1v) is 17.3. The van der Waals surface area contributed by atoms with E-state index in [1.165, 1.54) is 37.7 Å². The van der Waals surface area contributed by atoms with Gasteiger partial charge >= 0.3 is 5.97 Å². The van der Waals surface area contributed by atoms with Gasteiger partial charge in [-0.25, -0.2) is 4.79 Å². The third-order valence-electron chi connectivity index (χ3n) is 8.65. The second kappa shape index (κ2) is 16.5. The summed E-state index contributed by atoms with van der Waals surface area (Å²) in [6, 6.07) is 20.7. The molecule has 3 aromatic rings. The Balaban J connectivity index is 1.62. The van der Waals surface area contributed by atoms with Gasteiger partial charge in [0.15, 0.2) is 0 Å². The molecule has 0 aliphatic heterocycles. The zero-order chi connectivity index (χ0) is 31.5. The van der Waals surface area contributed by atoms with Crippen molar-refractivity contribution < 1.29 is 19.5 Å². The molecule has 1 aliphatic rings. The number of nitrogens with zero attached hydrogens (tertiary/aromatic N) is 1. The first-order chi connectivity index (χ1) is 21.3. The van der Waals surface area contributed by atoms with Gasteiger partial charge in [0.2, 0.25) is 0 Å². The number of carboxylic acid groups (broad SMARTS) is 1. The van der Waals surface area contributed by atoms with Crippen molar-refractivity contribution >= 4 is 29.5 Å². The Bertz CT molecular complexity index is 1420. The third-order valence-corrected chi connectivity index (χ3v) is 9.30. The van der Waals surface area contributed by atoms with Gasteiger partial charge in [0.05, 0.1) is 0 Å². The molecule has 1 unspecified atom stereocenters. The molecular weight excluding hydrogens is 568 g/mol. The zero-order valence-electron chi connectivity index (χ0n) is 26.3. The number of carbonyl (C=O) groups is 3. The fourth-order valence-corrected chi connectivity index (χ4v) is 6.52. The van der Waals surface area contributed by atoms with E-state index in [9.17, 15) is 19.5 Å². The zero-order valence-corrected chi connectivity index (χ0v) is 27.1. The van der Waals surface area contributed by atoms with E-state index in [4.69, 9.17) is 0 Å². The summed E-state index contributed by atoms with van der Waals surface area (Å²) in [7, 11) is 0. The number of hydrogen-bond donors (Lipinski definition) is 2. The Morgan fingerprint density at radius 1 is 0.977 bits per heavy atom. The first kappa shape index (κ1) is 33.3. The van der Waals surface area contributed by atoms with Crippen LogP contribution < -0.4 is 5.32 Å². The minimum atomic E-state index is -1.04. The summed E-state index contributed by atoms with van der Waals surface area (Å²) >= 11 is 1.55. The Morgan fingerprint density at radius 3 is 2.36 bits per heavy atom. The molecule has 1 atom stereocenters. The van der Waals surface area contributed by atoms with Gasteiger partial charge in [-0.15, -0.1) is 0 Å². The summed E-state index contributed by atoms with van der Waals surface area (Å²) in [5.41, 5.74) is 6.00. The monoisotopic (exact) mass is 614 g/mol. The molecule has 0 spiro atoms. The molecule has 234 valence electrons. The van der Waals surface area contributed by atoms with Crippen LogP contribution in [0.15, 0.2) is 66.7 Å². The van der Waals surface area contributed by atoms with Gasteiger partial charge in [-0.1, -0.05) is 75.1 Å². The van der Waals surface area contributed by atoms with Crippen molar-refractivity contribution in [2.75, 3.05) is 18.6 Å². The fraction of sp³-hybridized carbons (Fsp3) is 0.432. The van der Waals surface area contributed by atoms with Gasteiger partial charge < -0.3 is 15.3 Å². The van der Waals surface area contributed by atoms with E-state index >= 15 is 0 Å². The molecule has 1 saturated carbocycles. The highest BCUT2D eigenvalue weighted by molar-refractivity contribution is 7.98. The van der Waals surface area contributed by atoms with Gasteiger partial charge in [-0.2, -0.15) is 11.8 Å². The SMILES string of the molecule is CCCCN(Cc1ccc(C(=O)NC(CCSC)C(=O)O)c(-c2ccccc2C)c1)C(=O)c1ccc(C2CCCCC2)cc1. The number of rotatable bonds is 14. The van der Waals surface area contributed by atoms with E-state index in [2.05, 4.69) is 24.4 Å². The smallest absolute Gasteiger partial charge is 0.326 e. The molecule has 0 heterocycles. The molecule has 2 amide bonds. The Labute approximate surface area is 266 Å². The van der Waals surface area contributed by atoms with Crippen molar-refractivity contribution in [3.05, 3.63) is 94.5 Å². The van der Waals surface area contributed by atoms with E-state index in [0.29, 0.717) is 42.3 Å². The van der Waals surface area contributed by atoms with Crippen LogP contribution in [0.2, 0.25) is 0 Å². The number of benzene rings is 3. The number of carboxylic acids is 1. The number of carbonyl (C=O) groups excluding carboxylic acids is 2. The van der Waals surface area contributed by atoms with Crippen molar-refractivity contribution in [3.8, 4) is 11.1 Å². The molecule has 0 saturated heterocycles. The minimum Gasteiger partial charge on any atom is -0.480 e. The first-order valence-electron chi connectivity index (χ1n) is 15.9. The maximum absolute atomic E-state index is 13.8. The molecular formula is C37H46N2O4S. The molecule has 0 radical (unpaired) electrons. The Hall–Kier alpha value is -3.58. The average Bonchev–Trinajstić information content (AvgIpc) is 3.05. The van der Waals surface area contributed by atoms with Crippen molar-refractivity contribution in [1.82, 2.24) is 10.2 Å². The van der Waals surface area contributed by atoms with Crippen LogP contribution in [0, 0.1) is 6.92 Å². The number of aryl methyl sites for hydroxylation is 1. The summed E-state index contributed by atoms with van der Waals surface area (Å²) in [4.78, 5) is 41.1.